The van der Waals surface area contributed by atoms with Gasteiger partial charge in [0.25, 0.3) is 0 Å². The molecule has 1 N–H and O–H groups in total. The third-order valence-corrected chi connectivity index (χ3v) is 3.71. The summed E-state index contributed by atoms with van der Waals surface area (Å²) in [7, 11) is 0. The lowest BCUT2D eigenvalue weighted by Gasteiger charge is -2.43. The highest BCUT2D eigenvalue weighted by atomic mass is 16.3. The molecule has 0 bridgehead atoms. The Kier molecular flexibility index (Phi) is 2.02. The van der Waals surface area contributed by atoms with Gasteiger partial charge in [-0.05, 0) is 26.3 Å². The second-order valence-electron chi connectivity index (χ2n) is 5.06. The molecule has 2 nitrogen and oxygen atoms in total. The van der Waals surface area contributed by atoms with Crippen molar-refractivity contribution in [1.29, 1.82) is 0 Å². The van der Waals surface area contributed by atoms with Crippen LogP contribution in [0.1, 0.15) is 36.7 Å². The van der Waals surface area contributed by atoms with Crippen molar-refractivity contribution in [2.24, 2.45) is 5.41 Å². The van der Waals surface area contributed by atoms with Gasteiger partial charge in [0.2, 0.25) is 0 Å². The van der Waals surface area contributed by atoms with Gasteiger partial charge in [-0.2, -0.15) is 0 Å². The summed E-state index contributed by atoms with van der Waals surface area (Å²) in [5.41, 5.74) is 0.0422. The Bertz CT molecular complexity index is 416. The van der Waals surface area contributed by atoms with Crippen molar-refractivity contribution >= 4 is 5.78 Å². The van der Waals surface area contributed by atoms with Crippen molar-refractivity contribution in [1.82, 2.24) is 0 Å². The summed E-state index contributed by atoms with van der Waals surface area (Å²) in [5.74, 6) is 0.0364. The molecule has 0 fully saturated rings. The molecule has 1 aromatic rings. The first kappa shape index (κ1) is 10.4. The third kappa shape index (κ3) is 1.32. The predicted molar refractivity (Wildman–Crippen MR) is 58.9 cm³/mol. The highest BCUT2D eigenvalue weighted by molar-refractivity contribution is 6.03. The topological polar surface area (TPSA) is 37.3 Å². The number of ketones is 1. The van der Waals surface area contributed by atoms with Crippen molar-refractivity contribution in [2.75, 3.05) is 0 Å². The summed E-state index contributed by atoms with van der Waals surface area (Å²) in [5, 5.41) is 10.3. The molecule has 1 aliphatic rings. The molecule has 1 aromatic carbocycles. The molecule has 2 heteroatoms. The molecule has 80 valence electrons. The Morgan fingerprint density at radius 2 is 1.80 bits per heavy atom. The van der Waals surface area contributed by atoms with Crippen LogP contribution in [0.5, 0.6) is 0 Å². The van der Waals surface area contributed by atoms with Crippen LogP contribution >= 0.6 is 0 Å². The molecule has 0 amide bonds. The van der Waals surface area contributed by atoms with E-state index < -0.39 is 11.0 Å². The van der Waals surface area contributed by atoms with Gasteiger partial charge in [-0.1, -0.05) is 24.3 Å². The molecular weight excluding hydrogens is 188 g/mol. The van der Waals surface area contributed by atoms with Gasteiger partial charge < -0.3 is 5.11 Å². The zero-order valence-corrected chi connectivity index (χ0v) is 9.37. The second kappa shape index (κ2) is 2.92. The molecule has 0 saturated heterocycles. The largest absolute Gasteiger partial charge is 0.389 e. The minimum Gasteiger partial charge on any atom is -0.389 e. The van der Waals surface area contributed by atoms with Crippen LogP contribution in [0.2, 0.25) is 0 Å². The summed E-state index contributed by atoms with van der Waals surface area (Å²) in [6.07, 6.45) is 0.544. The van der Waals surface area contributed by atoms with Gasteiger partial charge in [0, 0.05) is 12.0 Å². The Balaban J connectivity index is 2.61. The highest BCUT2D eigenvalue weighted by Gasteiger charge is 2.49. The van der Waals surface area contributed by atoms with E-state index in [2.05, 4.69) is 0 Å². The third-order valence-electron chi connectivity index (χ3n) is 3.71. The number of Topliss-reactive ketones (excluding diaryl/α,β-unsaturated/α-hetero) is 1. The van der Waals surface area contributed by atoms with E-state index in [-0.39, 0.29) is 5.78 Å². The molecule has 0 saturated carbocycles. The van der Waals surface area contributed by atoms with Crippen LogP contribution in [0.4, 0.5) is 0 Å². The van der Waals surface area contributed by atoms with Crippen LogP contribution in [0, 0.1) is 5.41 Å². The Hall–Kier alpha value is -1.15. The van der Waals surface area contributed by atoms with Crippen molar-refractivity contribution in [3.8, 4) is 0 Å². The quantitative estimate of drug-likeness (QED) is 0.703. The molecule has 0 aromatic heterocycles. The van der Waals surface area contributed by atoms with Gasteiger partial charge in [-0.25, -0.2) is 0 Å². The number of aliphatic hydroxyl groups is 1. The molecule has 0 radical (unpaired) electrons. The number of rotatable bonds is 0. The van der Waals surface area contributed by atoms with E-state index in [1.165, 1.54) is 0 Å². The first-order valence-corrected chi connectivity index (χ1v) is 5.21. The molecule has 1 atom stereocenters. The van der Waals surface area contributed by atoms with Crippen LogP contribution in [-0.4, -0.2) is 16.5 Å². The Morgan fingerprint density at radius 3 is 2.47 bits per heavy atom. The molecule has 0 heterocycles. The monoisotopic (exact) mass is 204 g/mol. The standard InChI is InChI=1S/C13H16O2/c1-12(2)11(14)10-7-5-4-6-9(10)8-13(12,3)15/h4-7,15H,8H2,1-3H3. The minimum atomic E-state index is -0.960. The lowest BCUT2D eigenvalue weighted by atomic mass is 9.63. The summed E-state index contributed by atoms with van der Waals surface area (Å²) >= 11 is 0. The molecule has 0 spiro atoms. The van der Waals surface area contributed by atoms with Crippen molar-refractivity contribution < 1.29 is 9.90 Å². The first-order valence-electron chi connectivity index (χ1n) is 5.21. The van der Waals surface area contributed by atoms with E-state index in [9.17, 15) is 9.90 Å². The number of carbonyl (C=O) groups is 1. The fraction of sp³-hybridized carbons (Fsp3) is 0.462. The smallest absolute Gasteiger partial charge is 0.171 e. The van der Waals surface area contributed by atoms with Crippen molar-refractivity contribution in [3.63, 3.8) is 0 Å². The average molecular weight is 204 g/mol. The zero-order chi connectivity index (χ0) is 11.3. The van der Waals surface area contributed by atoms with Gasteiger partial charge in [0.1, 0.15) is 0 Å². The Labute approximate surface area is 89.9 Å². The average Bonchev–Trinajstić information content (AvgIpc) is 2.15. The van der Waals surface area contributed by atoms with E-state index in [4.69, 9.17) is 0 Å². The second-order valence-corrected chi connectivity index (χ2v) is 5.06. The van der Waals surface area contributed by atoms with E-state index >= 15 is 0 Å². The lowest BCUT2D eigenvalue weighted by molar-refractivity contribution is -0.0393. The van der Waals surface area contributed by atoms with E-state index in [1.54, 1.807) is 6.92 Å². The SMILES string of the molecule is CC1(O)Cc2ccccc2C(=O)C1(C)C. The maximum atomic E-state index is 12.2. The van der Waals surface area contributed by atoms with Crippen LogP contribution in [0.3, 0.4) is 0 Å². The van der Waals surface area contributed by atoms with Gasteiger partial charge in [0.05, 0.1) is 11.0 Å². The number of benzene rings is 1. The number of carbonyl (C=O) groups excluding carboxylic acids is 1. The fourth-order valence-electron chi connectivity index (χ4n) is 2.07. The molecule has 15 heavy (non-hydrogen) atoms. The van der Waals surface area contributed by atoms with Gasteiger partial charge in [-0.3, -0.25) is 4.79 Å². The van der Waals surface area contributed by atoms with Crippen molar-refractivity contribution in [2.45, 2.75) is 32.8 Å². The Morgan fingerprint density at radius 1 is 1.20 bits per heavy atom. The molecule has 0 aliphatic heterocycles. The maximum Gasteiger partial charge on any atom is 0.171 e. The van der Waals surface area contributed by atoms with E-state index in [0.29, 0.717) is 6.42 Å². The number of fused-ring (bicyclic) bond motifs is 1. The van der Waals surface area contributed by atoms with Crippen LogP contribution in [-0.2, 0) is 6.42 Å². The summed E-state index contributed by atoms with van der Waals surface area (Å²) in [4.78, 5) is 12.2. The zero-order valence-electron chi connectivity index (χ0n) is 9.37. The molecular formula is C13H16O2. The van der Waals surface area contributed by atoms with E-state index in [1.807, 2.05) is 38.1 Å². The molecule has 2 rings (SSSR count). The van der Waals surface area contributed by atoms with Gasteiger partial charge in [-0.15, -0.1) is 0 Å². The lowest BCUT2D eigenvalue weighted by Crippen LogP contribution is -2.52. The molecule has 1 unspecified atom stereocenters. The maximum absolute atomic E-state index is 12.2. The summed E-state index contributed by atoms with van der Waals surface area (Å²) < 4.78 is 0. The summed E-state index contributed by atoms with van der Waals surface area (Å²) in [6.45, 7) is 5.36. The number of hydrogen-bond acceptors (Lipinski definition) is 2. The highest BCUT2D eigenvalue weighted by Crippen LogP contribution is 2.41. The molecule has 1 aliphatic carbocycles. The normalized spacial score (nSPS) is 28.7. The predicted octanol–water partition coefficient (Wildman–Crippen LogP) is 2.20. The van der Waals surface area contributed by atoms with Crippen LogP contribution in [0.25, 0.3) is 0 Å². The van der Waals surface area contributed by atoms with Gasteiger partial charge in [0.15, 0.2) is 5.78 Å². The van der Waals surface area contributed by atoms with Gasteiger partial charge >= 0.3 is 0 Å². The van der Waals surface area contributed by atoms with Crippen molar-refractivity contribution in [3.05, 3.63) is 35.4 Å². The number of hydrogen-bond donors (Lipinski definition) is 1. The minimum absolute atomic E-state index is 0.0364. The summed E-state index contributed by atoms with van der Waals surface area (Å²) in [6, 6.07) is 7.53. The first-order chi connectivity index (χ1) is 6.86. The van der Waals surface area contributed by atoms with E-state index in [0.717, 1.165) is 11.1 Å². The van der Waals surface area contributed by atoms with Crippen LogP contribution in [0.15, 0.2) is 24.3 Å². The fourth-order valence-corrected chi connectivity index (χ4v) is 2.07. The van der Waals surface area contributed by atoms with Crippen LogP contribution < -0.4 is 0 Å².